The molecule has 1 heterocycles. The van der Waals surface area contributed by atoms with Crippen LogP contribution < -0.4 is 27.5 Å². The molecule has 44 heavy (non-hydrogen) atoms. The number of carbonyl (C=O) groups is 3. The Kier molecular flexibility index (Phi) is 16.1. The van der Waals surface area contributed by atoms with Crippen LogP contribution in [-0.2, 0) is 17.6 Å². The molecule has 0 radical (unpaired) electrons. The number of ketones is 1. The van der Waals surface area contributed by atoms with Gasteiger partial charge in [0, 0.05) is 31.8 Å². The Balaban J connectivity index is 0.000000476. The summed E-state index contributed by atoms with van der Waals surface area (Å²) in [6, 6.07) is 13.1. The number of aromatic nitrogens is 2. The third-order valence-corrected chi connectivity index (χ3v) is 6.15. The highest BCUT2D eigenvalue weighted by atomic mass is 16.2. The lowest BCUT2D eigenvalue weighted by Crippen LogP contribution is -2.38. The first-order valence-electron chi connectivity index (χ1n) is 14.5. The number of hydrazone groups is 1. The van der Waals surface area contributed by atoms with E-state index in [-0.39, 0.29) is 29.4 Å². The summed E-state index contributed by atoms with van der Waals surface area (Å²) in [6.45, 7) is 11.9. The molecule has 7 N–H and O–H groups in total. The van der Waals surface area contributed by atoms with Gasteiger partial charge in [0.1, 0.15) is 29.6 Å². The van der Waals surface area contributed by atoms with Gasteiger partial charge in [0.25, 0.3) is 5.91 Å². The number of Topliss-reactive ketones (excluding diaryl/α,β-unsaturated/α-hetero) is 1. The molecule has 11 nitrogen and oxygen atoms in total. The number of nitrogens with one attached hydrogen (secondary N) is 1. The van der Waals surface area contributed by atoms with E-state index in [1.165, 1.54) is 29.3 Å². The molecule has 1 aromatic heterocycles. The van der Waals surface area contributed by atoms with Crippen molar-refractivity contribution >= 4 is 29.1 Å². The van der Waals surface area contributed by atoms with Crippen molar-refractivity contribution < 1.29 is 14.4 Å². The predicted molar refractivity (Wildman–Crippen MR) is 177 cm³/mol. The van der Waals surface area contributed by atoms with Crippen molar-refractivity contribution in [1.82, 2.24) is 15.3 Å². The normalized spacial score (nSPS) is 11.1. The number of rotatable bonds is 11. The zero-order valence-corrected chi connectivity index (χ0v) is 26.6. The van der Waals surface area contributed by atoms with E-state index in [9.17, 15) is 14.4 Å². The molecule has 11 heteroatoms. The second-order valence-electron chi connectivity index (χ2n) is 9.92. The molecule has 3 aromatic rings. The van der Waals surface area contributed by atoms with Crippen LogP contribution in [0.5, 0.6) is 0 Å². The number of aryl methyl sites for hydroxylation is 1. The lowest BCUT2D eigenvalue weighted by molar-refractivity contribution is -0.120. The van der Waals surface area contributed by atoms with Gasteiger partial charge in [-0.25, -0.2) is 9.97 Å². The fourth-order valence-corrected chi connectivity index (χ4v) is 3.83. The van der Waals surface area contributed by atoms with Crippen LogP contribution in [-0.4, -0.2) is 47.5 Å². The van der Waals surface area contributed by atoms with Gasteiger partial charge in [0.2, 0.25) is 5.91 Å². The van der Waals surface area contributed by atoms with Gasteiger partial charge in [-0.2, -0.15) is 5.10 Å². The highest BCUT2D eigenvalue weighted by molar-refractivity contribution is 6.00. The van der Waals surface area contributed by atoms with Crippen LogP contribution in [0.1, 0.15) is 89.8 Å². The van der Waals surface area contributed by atoms with Gasteiger partial charge in [-0.15, -0.1) is 6.58 Å². The molecule has 0 aliphatic carbocycles. The van der Waals surface area contributed by atoms with Crippen LogP contribution in [0.15, 0.2) is 72.6 Å². The monoisotopic (exact) mass is 602 g/mol. The lowest BCUT2D eigenvalue weighted by Gasteiger charge is -2.17. The van der Waals surface area contributed by atoms with Crippen LogP contribution >= 0.6 is 0 Å². The van der Waals surface area contributed by atoms with Gasteiger partial charge in [-0.1, -0.05) is 76.6 Å². The van der Waals surface area contributed by atoms with E-state index in [2.05, 4.69) is 84.9 Å². The topological polar surface area (TPSA) is 183 Å². The number of allylic oxidation sites excluding steroid dienone is 1. The summed E-state index contributed by atoms with van der Waals surface area (Å²) in [4.78, 5) is 45.8. The molecule has 0 spiro atoms. The predicted octanol–water partition coefficient (Wildman–Crippen LogP) is 4.06. The van der Waals surface area contributed by atoms with Crippen molar-refractivity contribution in [3.8, 4) is 0 Å². The molecule has 1 atom stereocenters. The molecule has 236 valence electrons. The Labute approximate surface area is 260 Å². The summed E-state index contributed by atoms with van der Waals surface area (Å²) in [5.41, 5.74) is 16.1. The minimum Gasteiger partial charge on any atom is -0.382 e. The maximum Gasteiger partial charge on any atom is 0.270 e. The molecule has 3 rings (SSSR count). The zero-order valence-electron chi connectivity index (χ0n) is 26.6. The second kappa shape index (κ2) is 19.2. The zero-order chi connectivity index (χ0) is 33.2. The van der Waals surface area contributed by atoms with Crippen molar-refractivity contribution in [1.29, 1.82) is 0 Å². The van der Waals surface area contributed by atoms with Gasteiger partial charge < -0.3 is 27.5 Å². The Morgan fingerprint density at radius 1 is 0.977 bits per heavy atom. The van der Waals surface area contributed by atoms with Crippen LogP contribution in [0.3, 0.4) is 0 Å². The summed E-state index contributed by atoms with van der Waals surface area (Å²) < 4.78 is 0. The van der Waals surface area contributed by atoms with Gasteiger partial charge in [-0.05, 0) is 41.7 Å². The standard InChI is InChI=1S/C17H19N7O3.C13H19N.C3H8/c1-2-13(25)11-7-12(22-8-21-11)17(27)23-14(16(19)26)9-3-5-10(6-4-9)15(18)24-20;1-5-7-12-9-8-11(6-2)10-13(12)14(3)4;1-3-2/h3-8,14H,2,20H2,1H3,(H2,18,24)(H2,19,26)(H,23,27);5,8-10H,1,6-7H2,2-4H3;3H2,1-2H3. The molecule has 2 aromatic carbocycles. The number of carbonyl (C=O) groups excluding carboxylic acids is 3. The van der Waals surface area contributed by atoms with E-state index < -0.39 is 17.9 Å². The minimum absolute atomic E-state index is 0.0517. The Morgan fingerprint density at radius 2 is 1.59 bits per heavy atom. The van der Waals surface area contributed by atoms with Crippen LogP contribution in [0.2, 0.25) is 0 Å². The first-order chi connectivity index (χ1) is 21.0. The van der Waals surface area contributed by atoms with E-state index >= 15 is 0 Å². The number of hydrogen-bond acceptors (Lipinski definition) is 8. The van der Waals surface area contributed by atoms with Crippen molar-refractivity contribution in [2.24, 2.45) is 22.4 Å². The van der Waals surface area contributed by atoms with Gasteiger partial charge in [0.15, 0.2) is 5.78 Å². The van der Waals surface area contributed by atoms with Crippen LogP contribution in [0, 0.1) is 0 Å². The molecule has 0 aliphatic rings. The number of amides is 2. The molecule has 0 fully saturated rings. The summed E-state index contributed by atoms with van der Waals surface area (Å²) >= 11 is 0. The minimum atomic E-state index is -1.11. The average Bonchev–Trinajstić information content (AvgIpc) is 3.03. The highest BCUT2D eigenvalue weighted by Gasteiger charge is 2.22. The third-order valence-electron chi connectivity index (χ3n) is 6.15. The lowest BCUT2D eigenvalue weighted by atomic mass is 10.0. The molecule has 1 unspecified atom stereocenters. The second-order valence-corrected chi connectivity index (χ2v) is 9.92. The van der Waals surface area contributed by atoms with Crippen molar-refractivity contribution in [2.45, 2.75) is 59.4 Å². The smallest absolute Gasteiger partial charge is 0.270 e. The van der Waals surface area contributed by atoms with Gasteiger partial charge >= 0.3 is 0 Å². The first-order valence-corrected chi connectivity index (χ1v) is 14.5. The van der Waals surface area contributed by atoms with E-state index in [1.807, 2.05) is 6.08 Å². The van der Waals surface area contributed by atoms with Crippen molar-refractivity contribution in [3.63, 3.8) is 0 Å². The molecule has 0 saturated heterocycles. The van der Waals surface area contributed by atoms with Crippen LogP contribution in [0.25, 0.3) is 0 Å². The van der Waals surface area contributed by atoms with E-state index in [0.717, 1.165) is 19.2 Å². The summed E-state index contributed by atoms with van der Waals surface area (Å²) in [5, 5.41) is 5.87. The number of anilines is 1. The maximum absolute atomic E-state index is 12.4. The fourth-order valence-electron chi connectivity index (χ4n) is 3.83. The first kappa shape index (κ1) is 37.0. The molecule has 0 bridgehead atoms. The molecular weight excluding hydrogens is 556 g/mol. The van der Waals surface area contributed by atoms with E-state index in [1.54, 1.807) is 31.2 Å². The Bertz CT molecular complexity index is 1420. The number of benzene rings is 2. The summed E-state index contributed by atoms with van der Waals surface area (Å²) in [7, 11) is 4.17. The number of hydrogen-bond donors (Lipinski definition) is 4. The quantitative estimate of drug-likeness (QED) is 0.0632. The van der Waals surface area contributed by atoms with Gasteiger partial charge in [-0.3, -0.25) is 14.4 Å². The van der Waals surface area contributed by atoms with Crippen molar-refractivity contribution in [3.05, 3.63) is 101 Å². The van der Waals surface area contributed by atoms with Crippen LogP contribution in [0.4, 0.5) is 5.69 Å². The number of nitrogens with two attached hydrogens (primary N) is 3. The number of primary amides is 1. The van der Waals surface area contributed by atoms with E-state index in [4.69, 9.17) is 17.3 Å². The maximum atomic E-state index is 12.4. The summed E-state index contributed by atoms with van der Waals surface area (Å²) in [5.74, 6) is 3.58. The fraction of sp³-hybridized carbons (Fsp3) is 0.333. The molecule has 0 aliphatic heterocycles. The summed E-state index contributed by atoms with van der Waals surface area (Å²) in [6.07, 6.45) is 6.59. The molecule has 0 saturated carbocycles. The largest absolute Gasteiger partial charge is 0.382 e. The number of nitrogens with zero attached hydrogens (tertiary/aromatic N) is 4. The van der Waals surface area contributed by atoms with E-state index in [0.29, 0.717) is 11.1 Å². The third kappa shape index (κ3) is 11.3. The Hall–Kier alpha value is -5.06. The van der Waals surface area contributed by atoms with Gasteiger partial charge in [0.05, 0.1) is 0 Å². The SMILES string of the molecule is C=CCc1ccc(CC)cc1N(C)C.CCC.CCC(=O)c1cc(C(=O)NC(C(N)=O)c2ccc(/C(N)=N/N)cc2)ncn1. The van der Waals surface area contributed by atoms with Crippen molar-refractivity contribution in [2.75, 3.05) is 19.0 Å². The Morgan fingerprint density at radius 3 is 2.09 bits per heavy atom. The average molecular weight is 603 g/mol. The number of amidine groups is 1. The molecular formula is C33H46N8O3. The highest BCUT2D eigenvalue weighted by Crippen LogP contribution is 2.21. The molecule has 2 amide bonds.